The Labute approximate surface area is 158 Å². The molecule has 2 aliphatic rings. The lowest BCUT2D eigenvalue weighted by Gasteiger charge is -2.20. The van der Waals surface area contributed by atoms with E-state index in [0.717, 1.165) is 31.2 Å². The molecule has 0 unspecified atom stereocenters. The number of primary amides is 1. The number of rotatable bonds is 4. The molecule has 0 spiro atoms. The fourth-order valence-corrected chi connectivity index (χ4v) is 5.60. The molecule has 1 saturated heterocycles. The van der Waals surface area contributed by atoms with E-state index in [4.69, 9.17) is 5.73 Å². The van der Waals surface area contributed by atoms with E-state index in [1.165, 1.54) is 9.87 Å². The third-order valence-electron chi connectivity index (χ3n) is 5.56. The van der Waals surface area contributed by atoms with Crippen LogP contribution in [0.25, 0.3) is 0 Å². The molecule has 0 saturated carbocycles. The molecule has 1 fully saturated rings. The number of sulfonamides is 1. The van der Waals surface area contributed by atoms with Crippen LogP contribution in [0.1, 0.15) is 41.5 Å². The number of aromatic amines is 1. The Morgan fingerprint density at radius 1 is 1.22 bits per heavy atom. The molecule has 1 aromatic carbocycles. The monoisotopic (exact) mass is 389 g/mol. The lowest BCUT2D eigenvalue weighted by molar-refractivity contribution is -0.121. The molecule has 9 heteroatoms. The minimum absolute atomic E-state index is 0.0486. The average molecular weight is 389 g/mol. The van der Waals surface area contributed by atoms with Crippen molar-refractivity contribution in [2.75, 3.05) is 13.1 Å². The van der Waals surface area contributed by atoms with Crippen molar-refractivity contribution in [3.63, 3.8) is 0 Å². The zero-order valence-electron chi connectivity index (χ0n) is 15.2. The number of nitrogens with two attached hydrogens (primary N) is 1. The summed E-state index contributed by atoms with van der Waals surface area (Å²) in [6.07, 6.45) is 4.12. The van der Waals surface area contributed by atoms with Gasteiger partial charge in [-0.05, 0) is 55.9 Å². The van der Waals surface area contributed by atoms with Gasteiger partial charge in [-0.3, -0.25) is 9.89 Å². The predicted molar refractivity (Wildman–Crippen MR) is 98.4 cm³/mol. The molecule has 0 radical (unpaired) electrons. The van der Waals surface area contributed by atoms with Crippen LogP contribution in [-0.4, -0.2) is 46.9 Å². The number of hydrogen-bond donors (Lipinski definition) is 2. The SMILES string of the molecule is Cc1nc([C@@H]2CN(S(=O)(=O)c3ccc4c(c3)CCCC4)C[C@H]2C(N)=O)n[nH]1. The molecule has 144 valence electrons. The Balaban J connectivity index is 1.65. The molecule has 1 aromatic heterocycles. The van der Waals surface area contributed by atoms with Gasteiger partial charge >= 0.3 is 0 Å². The van der Waals surface area contributed by atoms with E-state index in [1.807, 2.05) is 6.07 Å². The van der Waals surface area contributed by atoms with E-state index in [0.29, 0.717) is 11.6 Å². The standard InChI is InChI=1S/C18H23N5O3S/c1-11-20-18(22-21-11)16-10-23(9-15(16)17(19)24)27(25,26)14-7-6-12-4-2-3-5-13(12)8-14/h6-8,15-16H,2-5,9-10H2,1H3,(H2,19,24)(H,20,21,22)/t15-,16-/m1/s1. The number of nitrogens with one attached hydrogen (secondary N) is 1. The third kappa shape index (κ3) is 3.25. The van der Waals surface area contributed by atoms with Gasteiger partial charge in [0.15, 0.2) is 5.82 Å². The molecule has 1 aliphatic carbocycles. The van der Waals surface area contributed by atoms with Gasteiger partial charge in [-0.2, -0.15) is 9.40 Å². The summed E-state index contributed by atoms with van der Waals surface area (Å²) in [6, 6.07) is 5.37. The van der Waals surface area contributed by atoms with E-state index >= 15 is 0 Å². The van der Waals surface area contributed by atoms with Gasteiger partial charge in [0, 0.05) is 19.0 Å². The number of aromatic nitrogens is 3. The molecular formula is C18H23N5O3S. The number of aryl methyl sites for hydroxylation is 3. The van der Waals surface area contributed by atoms with Crippen LogP contribution in [-0.2, 0) is 27.7 Å². The first kappa shape index (κ1) is 18.1. The first-order valence-electron chi connectivity index (χ1n) is 9.16. The van der Waals surface area contributed by atoms with Gasteiger partial charge in [-0.15, -0.1) is 0 Å². The lowest BCUT2D eigenvalue weighted by atomic mass is 9.92. The van der Waals surface area contributed by atoms with Crippen molar-refractivity contribution in [1.29, 1.82) is 0 Å². The second kappa shape index (κ2) is 6.72. The Morgan fingerprint density at radius 3 is 2.63 bits per heavy atom. The molecule has 1 aliphatic heterocycles. The molecule has 3 N–H and O–H groups in total. The quantitative estimate of drug-likeness (QED) is 0.804. The molecule has 8 nitrogen and oxygen atoms in total. The highest BCUT2D eigenvalue weighted by atomic mass is 32.2. The highest BCUT2D eigenvalue weighted by molar-refractivity contribution is 7.89. The molecule has 2 aromatic rings. The van der Waals surface area contributed by atoms with Gasteiger partial charge < -0.3 is 5.73 Å². The van der Waals surface area contributed by atoms with Crippen LogP contribution in [0.2, 0.25) is 0 Å². The van der Waals surface area contributed by atoms with Crippen LogP contribution < -0.4 is 5.73 Å². The largest absolute Gasteiger partial charge is 0.369 e. The van der Waals surface area contributed by atoms with Crippen LogP contribution in [0.5, 0.6) is 0 Å². The normalized spacial score (nSPS) is 23.3. The Bertz CT molecular complexity index is 985. The van der Waals surface area contributed by atoms with Gasteiger partial charge in [0.2, 0.25) is 15.9 Å². The number of H-pyrrole nitrogens is 1. The van der Waals surface area contributed by atoms with Gasteiger partial charge in [-0.1, -0.05) is 6.07 Å². The molecule has 27 heavy (non-hydrogen) atoms. The second-order valence-corrected chi connectivity index (χ2v) is 9.29. The number of carbonyl (C=O) groups is 1. The number of carbonyl (C=O) groups excluding carboxylic acids is 1. The molecule has 2 heterocycles. The van der Waals surface area contributed by atoms with E-state index in [1.54, 1.807) is 19.1 Å². The minimum atomic E-state index is -3.71. The van der Waals surface area contributed by atoms with Crippen LogP contribution in [0.4, 0.5) is 0 Å². The molecular weight excluding hydrogens is 366 g/mol. The Kier molecular flexibility index (Phi) is 4.51. The highest BCUT2D eigenvalue weighted by Crippen LogP contribution is 2.35. The maximum Gasteiger partial charge on any atom is 0.243 e. The van der Waals surface area contributed by atoms with Crippen LogP contribution >= 0.6 is 0 Å². The minimum Gasteiger partial charge on any atom is -0.369 e. The molecule has 0 bridgehead atoms. The van der Waals surface area contributed by atoms with Gasteiger partial charge in [0.05, 0.1) is 10.8 Å². The summed E-state index contributed by atoms with van der Waals surface area (Å²) in [5, 5.41) is 6.86. The molecule has 2 atom stereocenters. The Morgan fingerprint density at radius 2 is 1.96 bits per heavy atom. The second-order valence-electron chi connectivity index (χ2n) is 7.35. The Hall–Kier alpha value is -2.26. The van der Waals surface area contributed by atoms with E-state index in [9.17, 15) is 13.2 Å². The summed E-state index contributed by atoms with van der Waals surface area (Å²) in [4.78, 5) is 16.5. The number of amides is 1. The van der Waals surface area contributed by atoms with Gasteiger partial charge in [-0.25, -0.2) is 13.4 Å². The number of nitrogens with zero attached hydrogens (tertiary/aromatic N) is 3. The summed E-state index contributed by atoms with van der Waals surface area (Å²) in [7, 11) is -3.71. The smallest absolute Gasteiger partial charge is 0.243 e. The molecule has 1 amide bonds. The predicted octanol–water partition coefficient (Wildman–Crippen LogP) is 0.882. The van der Waals surface area contributed by atoms with Crippen molar-refractivity contribution in [3.8, 4) is 0 Å². The van der Waals surface area contributed by atoms with Crippen molar-refractivity contribution >= 4 is 15.9 Å². The van der Waals surface area contributed by atoms with Gasteiger partial charge in [0.25, 0.3) is 0 Å². The highest BCUT2D eigenvalue weighted by Gasteiger charge is 2.44. The summed E-state index contributed by atoms with van der Waals surface area (Å²) in [6.45, 7) is 1.95. The number of hydrogen-bond acceptors (Lipinski definition) is 5. The first-order valence-corrected chi connectivity index (χ1v) is 10.6. The topological polar surface area (TPSA) is 122 Å². The van der Waals surface area contributed by atoms with E-state index in [-0.39, 0.29) is 18.0 Å². The zero-order chi connectivity index (χ0) is 19.2. The van der Waals surface area contributed by atoms with Crippen LogP contribution in [0.3, 0.4) is 0 Å². The van der Waals surface area contributed by atoms with Crippen molar-refractivity contribution < 1.29 is 13.2 Å². The zero-order valence-corrected chi connectivity index (χ0v) is 16.0. The van der Waals surface area contributed by atoms with Crippen molar-refractivity contribution in [2.45, 2.75) is 43.4 Å². The average Bonchev–Trinajstić information content (AvgIpc) is 3.28. The summed E-state index contributed by atoms with van der Waals surface area (Å²) < 4.78 is 27.7. The van der Waals surface area contributed by atoms with Crippen molar-refractivity contribution in [2.24, 2.45) is 11.7 Å². The van der Waals surface area contributed by atoms with Crippen LogP contribution in [0.15, 0.2) is 23.1 Å². The number of fused-ring (bicyclic) bond motifs is 1. The van der Waals surface area contributed by atoms with Crippen molar-refractivity contribution in [3.05, 3.63) is 41.0 Å². The lowest BCUT2D eigenvalue weighted by Crippen LogP contribution is -2.32. The van der Waals surface area contributed by atoms with Crippen molar-refractivity contribution in [1.82, 2.24) is 19.5 Å². The fourth-order valence-electron chi connectivity index (χ4n) is 4.06. The van der Waals surface area contributed by atoms with E-state index < -0.39 is 27.8 Å². The van der Waals surface area contributed by atoms with Crippen LogP contribution in [0, 0.1) is 12.8 Å². The van der Waals surface area contributed by atoms with E-state index in [2.05, 4.69) is 15.2 Å². The third-order valence-corrected chi connectivity index (χ3v) is 7.38. The maximum absolute atomic E-state index is 13.2. The summed E-state index contributed by atoms with van der Waals surface area (Å²) >= 11 is 0. The first-order chi connectivity index (χ1) is 12.9. The van der Waals surface area contributed by atoms with Gasteiger partial charge in [0.1, 0.15) is 5.82 Å². The number of benzene rings is 1. The summed E-state index contributed by atoms with van der Waals surface area (Å²) in [5.41, 5.74) is 7.87. The maximum atomic E-state index is 13.2. The molecule has 4 rings (SSSR count). The fraction of sp³-hybridized carbons (Fsp3) is 0.500. The summed E-state index contributed by atoms with van der Waals surface area (Å²) in [5.74, 6) is -0.582.